The van der Waals surface area contributed by atoms with E-state index in [2.05, 4.69) is 18.4 Å². The Labute approximate surface area is 181 Å². The highest BCUT2D eigenvalue weighted by molar-refractivity contribution is 5.75. The van der Waals surface area contributed by atoms with Crippen LogP contribution in [-0.4, -0.2) is 30.5 Å². The summed E-state index contributed by atoms with van der Waals surface area (Å²) < 4.78 is 12.1. The molecule has 0 heterocycles. The summed E-state index contributed by atoms with van der Waals surface area (Å²) in [5, 5.41) is 0. The third kappa shape index (κ3) is 6.74. The van der Waals surface area contributed by atoms with Gasteiger partial charge in [0.2, 0.25) is 0 Å². The van der Waals surface area contributed by atoms with Gasteiger partial charge in [0, 0.05) is 6.54 Å². The van der Waals surface area contributed by atoms with Gasteiger partial charge in [-0.3, -0.25) is 9.69 Å². The van der Waals surface area contributed by atoms with E-state index in [1.807, 2.05) is 88.5 Å². The quantitative estimate of drug-likeness (QED) is 0.368. The molecule has 0 radical (unpaired) electrons. The Hall–Kier alpha value is -2.59. The van der Waals surface area contributed by atoms with Gasteiger partial charge in [-0.25, -0.2) is 0 Å². The van der Waals surface area contributed by atoms with Crippen LogP contribution in [0.15, 0.2) is 67.3 Å². The van der Waals surface area contributed by atoms with Crippen molar-refractivity contribution in [1.29, 1.82) is 0 Å². The minimum absolute atomic E-state index is 0.0265. The van der Waals surface area contributed by atoms with Gasteiger partial charge in [-0.15, -0.1) is 6.58 Å². The second-order valence-electron chi connectivity index (χ2n) is 8.63. The molecule has 2 atom stereocenters. The number of hydrogen-bond donors (Lipinski definition) is 0. The van der Waals surface area contributed by atoms with Gasteiger partial charge in [-0.1, -0.05) is 55.5 Å². The van der Waals surface area contributed by atoms with Crippen molar-refractivity contribution in [3.8, 4) is 5.75 Å². The highest BCUT2D eigenvalue weighted by atomic mass is 16.5. The molecular formula is C26H35NO3. The van der Waals surface area contributed by atoms with E-state index in [-0.39, 0.29) is 12.0 Å². The number of rotatable bonds is 10. The van der Waals surface area contributed by atoms with Crippen LogP contribution in [0.1, 0.15) is 51.3 Å². The van der Waals surface area contributed by atoms with Gasteiger partial charge in [0.25, 0.3) is 0 Å². The minimum Gasteiger partial charge on any atom is -0.489 e. The number of benzene rings is 2. The fourth-order valence-electron chi connectivity index (χ4n) is 3.28. The highest BCUT2D eigenvalue weighted by Gasteiger charge is 2.33. The fourth-order valence-corrected chi connectivity index (χ4v) is 3.28. The van der Waals surface area contributed by atoms with Gasteiger partial charge in [0.1, 0.15) is 18.5 Å². The summed E-state index contributed by atoms with van der Waals surface area (Å²) in [7, 11) is 2.03. The molecule has 0 amide bonds. The zero-order chi connectivity index (χ0) is 22.1. The van der Waals surface area contributed by atoms with E-state index in [0.29, 0.717) is 13.2 Å². The summed E-state index contributed by atoms with van der Waals surface area (Å²) in [5.74, 6) is 0.544. The van der Waals surface area contributed by atoms with E-state index in [4.69, 9.17) is 9.47 Å². The summed E-state index contributed by atoms with van der Waals surface area (Å²) >= 11 is 0. The largest absolute Gasteiger partial charge is 0.489 e. The third-order valence-electron chi connectivity index (χ3n) is 5.03. The third-order valence-corrected chi connectivity index (χ3v) is 5.03. The second-order valence-corrected chi connectivity index (χ2v) is 8.63. The average Bonchev–Trinajstić information content (AvgIpc) is 2.72. The van der Waals surface area contributed by atoms with Gasteiger partial charge in [-0.2, -0.15) is 0 Å². The van der Waals surface area contributed by atoms with Crippen molar-refractivity contribution in [3.05, 3.63) is 78.4 Å². The van der Waals surface area contributed by atoms with Crippen LogP contribution < -0.4 is 4.74 Å². The van der Waals surface area contributed by atoms with E-state index in [9.17, 15) is 4.79 Å². The maximum atomic E-state index is 12.8. The number of likely N-dealkylation sites (N-methyl/N-ethyl adjacent to an activating group) is 1. The lowest BCUT2D eigenvalue weighted by molar-refractivity contribution is -0.162. The smallest absolute Gasteiger partial charge is 0.311 e. The van der Waals surface area contributed by atoms with Crippen molar-refractivity contribution in [2.24, 2.45) is 5.41 Å². The molecule has 0 saturated carbocycles. The molecule has 0 aliphatic carbocycles. The molecule has 0 aliphatic heterocycles. The van der Waals surface area contributed by atoms with Gasteiger partial charge >= 0.3 is 5.97 Å². The predicted molar refractivity (Wildman–Crippen MR) is 122 cm³/mol. The summed E-state index contributed by atoms with van der Waals surface area (Å²) in [6, 6.07) is 18.0. The van der Waals surface area contributed by atoms with Gasteiger partial charge in [0.15, 0.2) is 0 Å². The Morgan fingerprint density at radius 3 is 2.43 bits per heavy atom. The number of hydrogen-bond acceptors (Lipinski definition) is 4. The van der Waals surface area contributed by atoms with Crippen LogP contribution in [-0.2, 0) is 16.1 Å². The summed E-state index contributed by atoms with van der Waals surface area (Å²) in [6.45, 7) is 12.8. The first-order valence-electron chi connectivity index (χ1n) is 10.5. The first-order valence-corrected chi connectivity index (χ1v) is 10.5. The topological polar surface area (TPSA) is 38.8 Å². The molecule has 0 fully saturated rings. The lowest BCUT2D eigenvalue weighted by Crippen LogP contribution is -2.40. The van der Waals surface area contributed by atoms with Crippen molar-refractivity contribution in [2.45, 2.75) is 52.9 Å². The number of carbonyl (C=O) groups excluding carboxylic acids is 1. The second kappa shape index (κ2) is 11.0. The molecule has 2 aromatic carbocycles. The van der Waals surface area contributed by atoms with Crippen LogP contribution in [0, 0.1) is 5.41 Å². The maximum absolute atomic E-state index is 12.8. The Balaban J connectivity index is 2.29. The number of ether oxygens (including phenoxy) is 2. The van der Waals surface area contributed by atoms with Crippen molar-refractivity contribution in [1.82, 2.24) is 4.90 Å². The van der Waals surface area contributed by atoms with Crippen LogP contribution in [0.3, 0.4) is 0 Å². The van der Waals surface area contributed by atoms with Crippen LogP contribution >= 0.6 is 0 Å². The molecule has 4 nitrogen and oxygen atoms in total. The van der Waals surface area contributed by atoms with Gasteiger partial charge in [-0.05, 0) is 57.5 Å². The molecule has 0 N–H and O–H groups in total. The number of carbonyl (C=O) groups is 1. The monoisotopic (exact) mass is 409 g/mol. The van der Waals surface area contributed by atoms with Crippen molar-refractivity contribution < 1.29 is 14.3 Å². The highest BCUT2D eigenvalue weighted by Crippen LogP contribution is 2.32. The van der Waals surface area contributed by atoms with Crippen LogP contribution in [0.2, 0.25) is 0 Å². The number of esters is 1. The molecule has 0 aliphatic rings. The Kier molecular flexibility index (Phi) is 8.67. The minimum atomic E-state index is -0.574. The zero-order valence-electron chi connectivity index (χ0n) is 18.9. The van der Waals surface area contributed by atoms with E-state index in [0.717, 1.165) is 23.3 Å². The van der Waals surface area contributed by atoms with Crippen molar-refractivity contribution in [3.63, 3.8) is 0 Å². The lowest BCUT2D eigenvalue weighted by atomic mass is 9.95. The maximum Gasteiger partial charge on any atom is 0.311 e. The molecule has 0 spiro atoms. The molecule has 2 rings (SSSR count). The van der Waals surface area contributed by atoms with E-state index >= 15 is 0 Å². The normalized spacial score (nSPS) is 13.5. The summed E-state index contributed by atoms with van der Waals surface area (Å²) in [4.78, 5) is 14.9. The standard InChI is InChI=1S/C26H35NO3/c1-7-17-27(6)23(8-2)24(30-25(28)26(3,4)5)21-15-12-16-22(18-21)29-19-20-13-10-9-11-14-20/h7,9-16,18,23-24H,1,8,17,19H2,2-6H3/t23-,24-/m0/s1. The molecule has 162 valence electrons. The van der Waals surface area contributed by atoms with Gasteiger partial charge in [0.05, 0.1) is 11.5 Å². The first-order chi connectivity index (χ1) is 14.3. The predicted octanol–water partition coefficient (Wildman–Crippen LogP) is 5.79. The van der Waals surface area contributed by atoms with E-state index in [1.54, 1.807) is 0 Å². The van der Waals surface area contributed by atoms with Crippen LogP contribution in [0.5, 0.6) is 5.75 Å². The van der Waals surface area contributed by atoms with Crippen molar-refractivity contribution >= 4 is 5.97 Å². The summed E-state index contributed by atoms with van der Waals surface area (Å²) in [5.41, 5.74) is 1.46. The zero-order valence-corrected chi connectivity index (χ0v) is 18.9. The molecule has 2 aromatic rings. The Bertz CT molecular complexity index is 811. The van der Waals surface area contributed by atoms with Crippen molar-refractivity contribution in [2.75, 3.05) is 13.6 Å². The van der Waals surface area contributed by atoms with Gasteiger partial charge < -0.3 is 9.47 Å². The molecule has 0 unspecified atom stereocenters. The van der Waals surface area contributed by atoms with E-state index < -0.39 is 11.5 Å². The van der Waals surface area contributed by atoms with Crippen LogP contribution in [0.25, 0.3) is 0 Å². The SMILES string of the molecule is C=CCN(C)[C@@H](CC)[C@@H](OC(=O)C(C)(C)C)c1cccc(OCc2ccccc2)c1. The average molecular weight is 410 g/mol. The lowest BCUT2D eigenvalue weighted by Gasteiger charge is -2.35. The Morgan fingerprint density at radius 1 is 1.13 bits per heavy atom. The van der Waals surface area contributed by atoms with Crippen LogP contribution in [0.4, 0.5) is 0 Å². The molecule has 0 aromatic heterocycles. The molecular weight excluding hydrogens is 374 g/mol. The molecule has 0 saturated heterocycles. The van der Waals surface area contributed by atoms with E-state index in [1.165, 1.54) is 0 Å². The fraction of sp³-hybridized carbons (Fsp3) is 0.423. The molecule has 30 heavy (non-hydrogen) atoms. The molecule has 4 heteroatoms. The Morgan fingerprint density at radius 2 is 1.83 bits per heavy atom. The number of nitrogens with zero attached hydrogens (tertiary/aromatic N) is 1. The molecule has 0 bridgehead atoms. The first kappa shape index (κ1) is 23.7. The summed E-state index contributed by atoms with van der Waals surface area (Å²) in [6.07, 6.45) is 2.30.